The third-order valence-electron chi connectivity index (χ3n) is 2.54. The molecule has 0 bridgehead atoms. The van der Waals surface area contributed by atoms with E-state index in [1.54, 1.807) is 19.2 Å². The second kappa shape index (κ2) is 6.37. The maximum atomic E-state index is 11.1. The van der Waals surface area contributed by atoms with Crippen molar-refractivity contribution in [1.29, 1.82) is 0 Å². The van der Waals surface area contributed by atoms with Gasteiger partial charge < -0.3 is 10.2 Å². The number of aromatic nitrogens is 2. The monoisotopic (exact) mass is 307 g/mol. The molecule has 0 aliphatic heterocycles. The van der Waals surface area contributed by atoms with Crippen LogP contribution >= 0.6 is 11.8 Å². The predicted molar refractivity (Wildman–Crippen MR) is 79.5 cm³/mol. The van der Waals surface area contributed by atoms with Crippen LogP contribution in [0.25, 0.3) is 0 Å². The van der Waals surface area contributed by atoms with Crippen molar-refractivity contribution >= 4 is 23.3 Å². The Hall–Kier alpha value is -2.39. The lowest BCUT2D eigenvalue weighted by atomic mass is 10.2. The Morgan fingerprint density at radius 3 is 2.76 bits per heavy atom. The molecule has 1 heterocycles. The van der Waals surface area contributed by atoms with Gasteiger partial charge in [-0.05, 0) is 24.8 Å². The summed E-state index contributed by atoms with van der Waals surface area (Å²) in [4.78, 5) is 18.8. The molecule has 0 amide bonds. The first-order valence-corrected chi connectivity index (χ1v) is 7.08. The molecule has 0 fully saturated rings. The predicted octanol–water partition coefficient (Wildman–Crippen LogP) is 2.49. The number of anilines is 1. The highest BCUT2D eigenvalue weighted by Crippen LogP contribution is 2.32. The quantitative estimate of drug-likeness (QED) is 0.284. The van der Waals surface area contributed by atoms with Crippen molar-refractivity contribution in [3.8, 4) is 11.6 Å². The van der Waals surface area contributed by atoms with Gasteiger partial charge in [0, 0.05) is 12.1 Å². The zero-order valence-electron chi connectivity index (χ0n) is 11.4. The molecule has 2 aromatic rings. The number of nitrogens with zero attached hydrogens (tertiary/aromatic N) is 3. The minimum atomic E-state index is -0.499. The lowest BCUT2D eigenvalue weighted by molar-refractivity contribution is -0.385. The van der Waals surface area contributed by atoms with Gasteiger partial charge in [-0.15, -0.1) is 0 Å². The number of hydrazine groups is 1. The maximum Gasteiger partial charge on any atom is 0.311 e. The molecular weight excluding hydrogens is 294 g/mol. The number of rotatable bonds is 5. The van der Waals surface area contributed by atoms with E-state index in [0.29, 0.717) is 11.0 Å². The summed E-state index contributed by atoms with van der Waals surface area (Å²) in [6, 6.07) is 6.16. The number of nitro groups is 1. The molecule has 2 rings (SSSR count). The van der Waals surface area contributed by atoms with Gasteiger partial charge in [-0.25, -0.2) is 10.8 Å². The van der Waals surface area contributed by atoms with Gasteiger partial charge in [0.15, 0.2) is 5.16 Å². The third-order valence-corrected chi connectivity index (χ3v) is 3.09. The summed E-state index contributed by atoms with van der Waals surface area (Å²) in [7, 11) is 0. The minimum absolute atomic E-state index is 0.110. The first kappa shape index (κ1) is 15.0. The molecule has 1 aromatic carbocycles. The van der Waals surface area contributed by atoms with E-state index in [2.05, 4.69) is 15.4 Å². The SMILES string of the molecule is CSc1nc(NN)cc(Oc2ccc(C)cc2[N+](=O)[O-])n1. The maximum absolute atomic E-state index is 11.1. The Morgan fingerprint density at radius 2 is 2.14 bits per heavy atom. The molecular formula is C12H13N5O3S. The van der Waals surface area contributed by atoms with Gasteiger partial charge in [0.1, 0.15) is 5.82 Å². The van der Waals surface area contributed by atoms with Crippen molar-refractivity contribution in [2.24, 2.45) is 5.84 Å². The first-order chi connectivity index (χ1) is 10.0. The van der Waals surface area contributed by atoms with Crippen molar-refractivity contribution in [1.82, 2.24) is 9.97 Å². The average Bonchev–Trinajstić information content (AvgIpc) is 2.48. The number of nitro benzene ring substituents is 1. The molecule has 0 aliphatic carbocycles. The number of nitrogen functional groups attached to an aromatic ring is 1. The summed E-state index contributed by atoms with van der Waals surface area (Å²) in [5, 5.41) is 11.5. The van der Waals surface area contributed by atoms with Crippen LogP contribution in [0.2, 0.25) is 0 Å². The number of thioether (sulfide) groups is 1. The summed E-state index contributed by atoms with van der Waals surface area (Å²) in [6.45, 7) is 1.77. The smallest absolute Gasteiger partial charge is 0.311 e. The Morgan fingerprint density at radius 1 is 1.38 bits per heavy atom. The zero-order valence-corrected chi connectivity index (χ0v) is 12.2. The van der Waals surface area contributed by atoms with Crippen LogP contribution < -0.4 is 16.0 Å². The molecule has 0 aliphatic rings. The zero-order chi connectivity index (χ0) is 15.4. The molecule has 0 radical (unpaired) electrons. The molecule has 1 aromatic heterocycles. The highest BCUT2D eigenvalue weighted by molar-refractivity contribution is 7.98. The number of nitrogens with one attached hydrogen (secondary N) is 1. The van der Waals surface area contributed by atoms with Crippen molar-refractivity contribution in [2.75, 3.05) is 11.7 Å². The Kier molecular flexibility index (Phi) is 4.55. The van der Waals surface area contributed by atoms with Crippen LogP contribution in [0.1, 0.15) is 5.56 Å². The van der Waals surface area contributed by atoms with Crippen LogP contribution in [0.3, 0.4) is 0 Å². The van der Waals surface area contributed by atoms with E-state index in [-0.39, 0.29) is 17.3 Å². The molecule has 9 heteroatoms. The fourth-order valence-electron chi connectivity index (χ4n) is 1.59. The van der Waals surface area contributed by atoms with Gasteiger partial charge in [0.2, 0.25) is 11.6 Å². The van der Waals surface area contributed by atoms with Crippen molar-refractivity contribution in [3.63, 3.8) is 0 Å². The molecule has 0 saturated heterocycles. The van der Waals surface area contributed by atoms with Crippen LogP contribution in [-0.4, -0.2) is 21.1 Å². The highest BCUT2D eigenvalue weighted by Gasteiger charge is 2.17. The summed E-state index contributed by atoms with van der Waals surface area (Å²) >= 11 is 1.30. The highest BCUT2D eigenvalue weighted by atomic mass is 32.2. The normalized spacial score (nSPS) is 10.2. The molecule has 0 spiro atoms. The summed E-state index contributed by atoms with van der Waals surface area (Å²) in [5.74, 6) is 5.97. The molecule has 8 nitrogen and oxygen atoms in total. The van der Waals surface area contributed by atoms with E-state index in [4.69, 9.17) is 10.6 Å². The lowest BCUT2D eigenvalue weighted by Crippen LogP contribution is -2.09. The van der Waals surface area contributed by atoms with Crippen LogP contribution in [0.5, 0.6) is 11.6 Å². The fourth-order valence-corrected chi connectivity index (χ4v) is 1.96. The minimum Gasteiger partial charge on any atom is -0.432 e. The van der Waals surface area contributed by atoms with Crippen molar-refractivity contribution in [3.05, 3.63) is 39.9 Å². The van der Waals surface area contributed by atoms with Gasteiger partial charge in [0.05, 0.1) is 4.92 Å². The van der Waals surface area contributed by atoms with Crippen molar-refractivity contribution in [2.45, 2.75) is 12.1 Å². The van der Waals surface area contributed by atoms with Crippen LogP contribution in [-0.2, 0) is 0 Å². The summed E-state index contributed by atoms with van der Waals surface area (Å²) < 4.78 is 5.51. The van der Waals surface area contributed by atoms with E-state index in [9.17, 15) is 10.1 Å². The second-order valence-corrected chi connectivity index (χ2v) is 4.83. The topological polar surface area (TPSA) is 116 Å². The van der Waals surface area contributed by atoms with E-state index < -0.39 is 4.92 Å². The van der Waals surface area contributed by atoms with Gasteiger partial charge in [0.25, 0.3) is 0 Å². The van der Waals surface area contributed by atoms with Crippen LogP contribution in [0.4, 0.5) is 11.5 Å². The average molecular weight is 307 g/mol. The molecule has 0 unspecified atom stereocenters. The number of hydrogen-bond acceptors (Lipinski definition) is 8. The van der Waals surface area contributed by atoms with Gasteiger partial charge in [-0.3, -0.25) is 10.1 Å². The Balaban J connectivity index is 2.40. The fraction of sp³-hybridized carbons (Fsp3) is 0.167. The van der Waals surface area contributed by atoms with E-state index in [0.717, 1.165) is 5.56 Å². The number of hydrogen-bond donors (Lipinski definition) is 2. The molecule has 21 heavy (non-hydrogen) atoms. The van der Waals surface area contributed by atoms with Gasteiger partial charge in [-0.2, -0.15) is 4.98 Å². The van der Waals surface area contributed by atoms with E-state index in [1.165, 1.54) is 30.0 Å². The van der Waals surface area contributed by atoms with E-state index >= 15 is 0 Å². The molecule has 0 saturated carbocycles. The molecule has 3 N–H and O–H groups in total. The Labute approximate surface area is 124 Å². The van der Waals surface area contributed by atoms with Gasteiger partial charge >= 0.3 is 5.69 Å². The second-order valence-electron chi connectivity index (χ2n) is 4.05. The van der Waals surface area contributed by atoms with E-state index in [1.807, 2.05) is 0 Å². The van der Waals surface area contributed by atoms with Crippen molar-refractivity contribution < 1.29 is 9.66 Å². The molecule has 0 atom stereocenters. The number of nitrogens with two attached hydrogens (primary N) is 1. The third kappa shape index (κ3) is 3.58. The van der Waals surface area contributed by atoms with Crippen LogP contribution in [0, 0.1) is 17.0 Å². The standard InChI is InChI=1S/C12H13N5O3S/c1-7-3-4-9(8(5-7)17(18)19)20-11-6-10(16-13)14-12(15-11)21-2/h3-6H,13H2,1-2H3,(H,14,15,16). The number of ether oxygens (including phenoxy) is 1. The molecule has 110 valence electrons. The van der Waals surface area contributed by atoms with Crippen LogP contribution in [0.15, 0.2) is 29.4 Å². The number of aryl methyl sites for hydroxylation is 1. The number of benzene rings is 1. The summed E-state index contributed by atoms with van der Waals surface area (Å²) in [6.07, 6.45) is 1.80. The summed E-state index contributed by atoms with van der Waals surface area (Å²) in [5.41, 5.74) is 3.04. The first-order valence-electron chi connectivity index (χ1n) is 5.86. The lowest BCUT2D eigenvalue weighted by Gasteiger charge is -2.08. The Bertz CT molecular complexity index is 658. The largest absolute Gasteiger partial charge is 0.432 e. The van der Waals surface area contributed by atoms with Gasteiger partial charge in [-0.1, -0.05) is 17.8 Å².